The van der Waals surface area contributed by atoms with Gasteiger partial charge < -0.3 is 10.3 Å². The largest absolute Gasteiger partial charge is 0.361 e. The number of H-pyrrole nitrogens is 1. The summed E-state index contributed by atoms with van der Waals surface area (Å²) in [5.41, 5.74) is 3.54. The Hall–Kier alpha value is -3.93. The van der Waals surface area contributed by atoms with Gasteiger partial charge in [0.2, 0.25) is 15.9 Å². The first-order valence-electron chi connectivity index (χ1n) is 9.38. The summed E-state index contributed by atoms with van der Waals surface area (Å²) in [6.45, 7) is 0. The molecule has 31 heavy (non-hydrogen) atoms. The van der Waals surface area contributed by atoms with Crippen LogP contribution in [0, 0.1) is 11.3 Å². The highest BCUT2D eigenvalue weighted by molar-refractivity contribution is 7.89. The van der Waals surface area contributed by atoms with Crippen LogP contribution in [0.25, 0.3) is 22.0 Å². The lowest BCUT2D eigenvalue weighted by Crippen LogP contribution is -2.16. The Morgan fingerprint density at radius 3 is 2.48 bits per heavy atom. The van der Waals surface area contributed by atoms with E-state index in [0.717, 1.165) is 16.5 Å². The third-order valence-corrected chi connectivity index (χ3v) is 5.90. The third-order valence-electron chi connectivity index (χ3n) is 4.93. The topological polar surface area (TPSA) is 129 Å². The van der Waals surface area contributed by atoms with Crippen LogP contribution in [0.1, 0.15) is 11.1 Å². The van der Waals surface area contributed by atoms with Crippen molar-refractivity contribution in [3.63, 3.8) is 0 Å². The zero-order valence-corrected chi connectivity index (χ0v) is 17.1. The lowest BCUT2D eigenvalue weighted by Gasteiger charge is -2.14. The molecule has 0 aliphatic carbocycles. The molecule has 1 aromatic heterocycles. The molecule has 1 amide bonds. The van der Waals surface area contributed by atoms with Gasteiger partial charge in [0.25, 0.3) is 0 Å². The van der Waals surface area contributed by atoms with E-state index in [9.17, 15) is 13.2 Å². The molecule has 0 bridgehead atoms. The van der Waals surface area contributed by atoms with Crippen molar-refractivity contribution in [1.82, 2.24) is 4.98 Å². The lowest BCUT2D eigenvalue weighted by atomic mass is 10.0. The van der Waals surface area contributed by atoms with Crippen LogP contribution in [0.2, 0.25) is 0 Å². The lowest BCUT2D eigenvalue weighted by molar-refractivity contribution is -0.115. The molecule has 0 aliphatic heterocycles. The quantitative estimate of drug-likeness (QED) is 0.447. The number of nitrogens with one attached hydrogen (secondary N) is 2. The highest BCUT2D eigenvalue weighted by Crippen LogP contribution is 2.32. The van der Waals surface area contributed by atoms with Gasteiger partial charge in [-0.3, -0.25) is 4.79 Å². The monoisotopic (exact) mass is 430 g/mol. The van der Waals surface area contributed by atoms with E-state index in [-0.39, 0.29) is 17.2 Å². The van der Waals surface area contributed by atoms with Gasteiger partial charge in [-0.1, -0.05) is 36.4 Å². The van der Waals surface area contributed by atoms with Crippen LogP contribution >= 0.6 is 0 Å². The summed E-state index contributed by atoms with van der Waals surface area (Å²) in [5.74, 6) is -0.274. The van der Waals surface area contributed by atoms with Gasteiger partial charge in [0.1, 0.15) is 0 Å². The number of nitrogens with zero attached hydrogens (tertiary/aromatic N) is 1. The van der Waals surface area contributed by atoms with Crippen LogP contribution in [0.3, 0.4) is 0 Å². The number of aromatic amines is 1. The number of anilines is 1. The predicted octanol–water partition coefficient (Wildman–Crippen LogP) is 3.54. The number of para-hydroxylation sites is 1. The fourth-order valence-corrected chi connectivity index (χ4v) is 4.28. The molecule has 0 unspecified atom stereocenters. The molecule has 154 valence electrons. The number of nitrogens with two attached hydrogens (primary N) is 1. The smallest absolute Gasteiger partial charge is 0.238 e. The number of carbonyl (C=O) groups excluding carboxylic acids is 1. The number of benzene rings is 3. The van der Waals surface area contributed by atoms with Crippen LogP contribution in [0.5, 0.6) is 0 Å². The molecule has 4 rings (SSSR count). The Labute approximate surface area is 179 Å². The summed E-state index contributed by atoms with van der Waals surface area (Å²) in [5, 5.41) is 18.2. The second-order valence-corrected chi connectivity index (χ2v) is 8.53. The fourth-order valence-electron chi connectivity index (χ4n) is 3.53. The molecule has 0 radical (unpaired) electrons. The molecule has 1 heterocycles. The maximum Gasteiger partial charge on any atom is 0.238 e. The third kappa shape index (κ3) is 4.19. The van der Waals surface area contributed by atoms with Crippen molar-refractivity contribution in [2.75, 3.05) is 5.32 Å². The average Bonchev–Trinajstić information content (AvgIpc) is 3.15. The van der Waals surface area contributed by atoms with Gasteiger partial charge in [0.15, 0.2) is 0 Å². The molecule has 0 aliphatic rings. The van der Waals surface area contributed by atoms with E-state index in [2.05, 4.69) is 16.4 Å². The van der Waals surface area contributed by atoms with E-state index >= 15 is 0 Å². The molecule has 0 fully saturated rings. The molecule has 4 aromatic rings. The summed E-state index contributed by atoms with van der Waals surface area (Å²) < 4.78 is 24.0. The summed E-state index contributed by atoms with van der Waals surface area (Å²) >= 11 is 0. The van der Waals surface area contributed by atoms with E-state index in [1.807, 2.05) is 0 Å². The Balaban J connectivity index is 1.65. The first-order valence-corrected chi connectivity index (χ1v) is 10.9. The van der Waals surface area contributed by atoms with Crippen molar-refractivity contribution in [1.29, 1.82) is 5.26 Å². The molecule has 0 spiro atoms. The maximum atomic E-state index is 12.8. The van der Waals surface area contributed by atoms with Crippen molar-refractivity contribution >= 4 is 32.5 Å². The van der Waals surface area contributed by atoms with E-state index in [1.165, 1.54) is 6.07 Å². The van der Waals surface area contributed by atoms with Gasteiger partial charge in [0.05, 0.1) is 22.9 Å². The molecule has 7 nitrogen and oxygen atoms in total. The predicted molar refractivity (Wildman–Crippen MR) is 119 cm³/mol. The number of aromatic nitrogens is 1. The SMILES string of the molecule is N#Cc1ccc2[nH]cc(CC(=O)Nc3ccccc3-c3ccccc3S(N)(=O)=O)c2c1. The maximum absolute atomic E-state index is 12.8. The Kier molecular flexibility index (Phi) is 5.29. The fraction of sp³-hybridized carbons (Fsp3) is 0.0435. The average molecular weight is 430 g/mol. The molecule has 0 atom stereocenters. The Morgan fingerprint density at radius 2 is 1.74 bits per heavy atom. The molecular weight excluding hydrogens is 412 g/mol. The standard InChI is InChI=1S/C23H18N4O3S/c24-13-15-9-10-20-19(11-15)16(14-26-20)12-23(28)27-21-7-3-1-5-17(21)18-6-2-4-8-22(18)31(25,29)30/h1-11,14,26H,12H2,(H,27,28)(H2,25,29,30). The Morgan fingerprint density at radius 1 is 1.03 bits per heavy atom. The van der Waals surface area contributed by atoms with Crippen LogP contribution in [-0.2, 0) is 21.2 Å². The molecular formula is C23H18N4O3S. The highest BCUT2D eigenvalue weighted by Gasteiger charge is 2.18. The van der Waals surface area contributed by atoms with Crippen molar-refractivity contribution in [2.45, 2.75) is 11.3 Å². The van der Waals surface area contributed by atoms with E-state index < -0.39 is 10.0 Å². The number of hydrogen-bond donors (Lipinski definition) is 3. The zero-order valence-electron chi connectivity index (χ0n) is 16.3. The minimum absolute atomic E-state index is 0.0163. The number of rotatable bonds is 5. The number of sulfonamides is 1. The first kappa shape index (κ1) is 20.3. The summed E-state index contributed by atoms with van der Waals surface area (Å²) in [6.07, 6.45) is 1.83. The number of hydrogen-bond acceptors (Lipinski definition) is 4. The molecule has 0 saturated carbocycles. The molecule has 3 aromatic carbocycles. The Bertz CT molecular complexity index is 1450. The summed E-state index contributed by atoms with van der Waals surface area (Å²) in [6, 6.07) is 20.7. The van der Waals surface area contributed by atoms with Gasteiger partial charge in [-0.25, -0.2) is 13.6 Å². The van der Waals surface area contributed by atoms with Crippen LogP contribution < -0.4 is 10.5 Å². The number of fused-ring (bicyclic) bond motifs is 1. The van der Waals surface area contributed by atoms with Gasteiger partial charge in [-0.2, -0.15) is 5.26 Å². The number of carbonyl (C=O) groups is 1. The van der Waals surface area contributed by atoms with Crippen LogP contribution in [0.15, 0.2) is 77.8 Å². The van der Waals surface area contributed by atoms with Gasteiger partial charge in [-0.15, -0.1) is 0 Å². The zero-order chi connectivity index (χ0) is 22.0. The molecule has 8 heteroatoms. The van der Waals surface area contributed by atoms with Crippen molar-refractivity contribution in [2.24, 2.45) is 5.14 Å². The second-order valence-electron chi connectivity index (χ2n) is 7.00. The summed E-state index contributed by atoms with van der Waals surface area (Å²) in [7, 11) is -3.94. The minimum Gasteiger partial charge on any atom is -0.361 e. The van der Waals surface area contributed by atoms with Crippen molar-refractivity contribution < 1.29 is 13.2 Å². The van der Waals surface area contributed by atoms with Gasteiger partial charge >= 0.3 is 0 Å². The minimum atomic E-state index is -3.94. The molecule has 0 saturated heterocycles. The number of primary sulfonamides is 1. The highest BCUT2D eigenvalue weighted by atomic mass is 32.2. The first-order chi connectivity index (χ1) is 14.9. The van der Waals surface area contributed by atoms with E-state index in [0.29, 0.717) is 22.4 Å². The van der Waals surface area contributed by atoms with Gasteiger partial charge in [0, 0.05) is 33.9 Å². The second kappa shape index (κ2) is 8.07. The van der Waals surface area contributed by atoms with Crippen LogP contribution in [0.4, 0.5) is 5.69 Å². The van der Waals surface area contributed by atoms with E-state index in [4.69, 9.17) is 10.4 Å². The molecule has 4 N–H and O–H groups in total. The summed E-state index contributed by atoms with van der Waals surface area (Å²) in [4.78, 5) is 15.9. The normalized spacial score (nSPS) is 11.2. The number of nitriles is 1. The van der Waals surface area contributed by atoms with E-state index in [1.54, 1.807) is 66.9 Å². The van der Waals surface area contributed by atoms with Crippen LogP contribution in [-0.4, -0.2) is 19.3 Å². The number of amides is 1. The van der Waals surface area contributed by atoms with Crippen molar-refractivity contribution in [3.8, 4) is 17.2 Å². The van der Waals surface area contributed by atoms with Crippen molar-refractivity contribution in [3.05, 3.63) is 84.1 Å². The van der Waals surface area contributed by atoms with Gasteiger partial charge in [-0.05, 0) is 35.9 Å².